The van der Waals surface area contributed by atoms with Crippen molar-refractivity contribution in [3.05, 3.63) is 22.8 Å². The molecule has 0 radical (unpaired) electrons. The van der Waals surface area contributed by atoms with E-state index in [0.717, 1.165) is 16.7 Å². The van der Waals surface area contributed by atoms with Crippen LogP contribution in [0.15, 0.2) is 6.07 Å². The number of benzene rings is 1. The van der Waals surface area contributed by atoms with E-state index in [1.54, 1.807) is 0 Å². The van der Waals surface area contributed by atoms with Crippen LogP contribution in [0.2, 0.25) is 0 Å². The van der Waals surface area contributed by atoms with Gasteiger partial charge in [-0.2, -0.15) is 0 Å². The van der Waals surface area contributed by atoms with Crippen molar-refractivity contribution in [2.45, 2.75) is 27.7 Å². The Labute approximate surface area is 83.3 Å². The summed E-state index contributed by atoms with van der Waals surface area (Å²) >= 11 is 0. The van der Waals surface area contributed by atoms with E-state index in [1.165, 1.54) is 13.0 Å². The van der Waals surface area contributed by atoms with Gasteiger partial charge in [0.1, 0.15) is 11.5 Å². The van der Waals surface area contributed by atoms with Crippen LogP contribution in [0.4, 0.5) is 0 Å². The molecule has 14 heavy (non-hydrogen) atoms. The average Bonchev–Trinajstić information content (AvgIpc) is 2.10. The predicted octanol–water partition coefficient (Wildman–Crippen LogP) is 2.24. The van der Waals surface area contributed by atoms with Crippen molar-refractivity contribution in [3.63, 3.8) is 0 Å². The van der Waals surface area contributed by atoms with Crippen molar-refractivity contribution in [2.75, 3.05) is 0 Å². The highest BCUT2D eigenvalue weighted by atomic mass is 16.5. The van der Waals surface area contributed by atoms with Crippen LogP contribution in [-0.2, 0) is 4.79 Å². The van der Waals surface area contributed by atoms with Crippen LogP contribution in [0.5, 0.6) is 11.5 Å². The minimum absolute atomic E-state index is 0.157. The fourth-order valence-electron chi connectivity index (χ4n) is 1.26. The third-order valence-electron chi connectivity index (χ3n) is 2.40. The van der Waals surface area contributed by atoms with Gasteiger partial charge in [-0.25, -0.2) is 0 Å². The zero-order valence-corrected chi connectivity index (χ0v) is 8.84. The molecule has 0 atom stereocenters. The molecule has 0 aliphatic carbocycles. The number of rotatable bonds is 1. The third kappa shape index (κ3) is 1.87. The first-order chi connectivity index (χ1) is 6.43. The molecule has 0 bridgehead atoms. The highest BCUT2D eigenvalue weighted by Crippen LogP contribution is 2.31. The summed E-state index contributed by atoms with van der Waals surface area (Å²) in [4.78, 5) is 10.8. The quantitative estimate of drug-likeness (QED) is 0.551. The van der Waals surface area contributed by atoms with E-state index in [4.69, 9.17) is 4.74 Å². The van der Waals surface area contributed by atoms with Gasteiger partial charge in [0, 0.05) is 13.0 Å². The molecule has 1 aromatic rings. The summed E-state index contributed by atoms with van der Waals surface area (Å²) in [7, 11) is 0. The van der Waals surface area contributed by atoms with Gasteiger partial charge in [-0.1, -0.05) is 0 Å². The number of phenols is 1. The molecular formula is C11H14O3. The van der Waals surface area contributed by atoms with Crippen LogP contribution >= 0.6 is 0 Å². The Hall–Kier alpha value is -1.51. The highest BCUT2D eigenvalue weighted by Gasteiger charge is 2.10. The molecule has 0 saturated heterocycles. The number of carbonyl (C=O) groups excluding carboxylic acids is 1. The number of carbonyl (C=O) groups is 1. The second-order valence-corrected chi connectivity index (χ2v) is 3.36. The molecule has 0 unspecified atom stereocenters. The molecule has 3 heteroatoms. The minimum Gasteiger partial charge on any atom is -0.508 e. The topological polar surface area (TPSA) is 46.5 Å². The van der Waals surface area contributed by atoms with E-state index in [2.05, 4.69) is 0 Å². The summed E-state index contributed by atoms with van der Waals surface area (Å²) in [5.74, 6) is 0.207. The Morgan fingerprint density at radius 3 is 2.29 bits per heavy atom. The summed E-state index contributed by atoms with van der Waals surface area (Å²) in [6.45, 7) is 6.92. The fourth-order valence-corrected chi connectivity index (χ4v) is 1.26. The predicted molar refractivity (Wildman–Crippen MR) is 53.6 cm³/mol. The van der Waals surface area contributed by atoms with Crippen molar-refractivity contribution in [1.82, 2.24) is 0 Å². The van der Waals surface area contributed by atoms with Gasteiger partial charge in [-0.3, -0.25) is 4.79 Å². The second kappa shape index (κ2) is 3.70. The third-order valence-corrected chi connectivity index (χ3v) is 2.40. The summed E-state index contributed by atoms with van der Waals surface area (Å²) < 4.78 is 4.96. The van der Waals surface area contributed by atoms with Gasteiger partial charge in [0.15, 0.2) is 0 Å². The number of aromatic hydroxyl groups is 1. The van der Waals surface area contributed by atoms with Crippen molar-refractivity contribution in [1.29, 1.82) is 0 Å². The lowest BCUT2D eigenvalue weighted by Crippen LogP contribution is -2.04. The Morgan fingerprint density at radius 2 is 1.79 bits per heavy atom. The van der Waals surface area contributed by atoms with Crippen molar-refractivity contribution >= 4 is 5.97 Å². The summed E-state index contributed by atoms with van der Waals surface area (Å²) in [5.41, 5.74) is 2.65. The number of esters is 1. The number of phenolic OH excluding ortho intramolecular Hbond substituents is 1. The molecule has 0 saturated carbocycles. The van der Waals surface area contributed by atoms with E-state index >= 15 is 0 Å². The van der Waals surface area contributed by atoms with Crippen LogP contribution in [0, 0.1) is 20.8 Å². The van der Waals surface area contributed by atoms with Gasteiger partial charge >= 0.3 is 5.97 Å². The fraction of sp³-hybridized carbons (Fsp3) is 0.364. The molecule has 1 N–H and O–H groups in total. The van der Waals surface area contributed by atoms with Crippen LogP contribution in [0.1, 0.15) is 23.6 Å². The zero-order chi connectivity index (χ0) is 10.9. The summed E-state index contributed by atoms with van der Waals surface area (Å²) in [6.07, 6.45) is 0. The Morgan fingerprint density at radius 1 is 1.21 bits per heavy atom. The largest absolute Gasteiger partial charge is 0.508 e. The molecule has 3 nitrogen and oxygen atoms in total. The SMILES string of the molecule is CC(=O)Oc1cc(O)c(C)c(C)c1C. The van der Waals surface area contributed by atoms with E-state index in [9.17, 15) is 9.90 Å². The van der Waals surface area contributed by atoms with Gasteiger partial charge in [-0.15, -0.1) is 0 Å². The van der Waals surface area contributed by atoms with Crippen molar-refractivity contribution < 1.29 is 14.6 Å². The molecule has 0 aromatic heterocycles. The Balaban J connectivity index is 3.25. The molecule has 0 heterocycles. The van der Waals surface area contributed by atoms with E-state index in [-0.39, 0.29) is 11.7 Å². The lowest BCUT2D eigenvalue weighted by molar-refractivity contribution is -0.131. The van der Waals surface area contributed by atoms with E-state index in [1.807, 2.05) is 20.8 Å². The maximum atomic E-state index is 10.8. The first-order valence-corrected chi connectivity index (χ1v) is 4.41. The van der Waals surface area contributed by atoms with Crippen molar-refractivity contribution in [2.24, 2.45) is 0 Å². The number of ether oxygens (including phenoxy) is 1. The van der Waals surface area contributed by atoms with Gasteiger partial charge in [-0.05, 0) is 37.5 Å². The molecular weight excluding hydrogens is 180 g/mol. The number of hydrogen-bond donors (Lipinski definition) is 1. The van der Waals surface area contributed by atoms with Gasteiger partial charge < -0.3 is 9.84 Å². The Bertz CT molecular complexity index is 381. The van der Waals surface area contributed by atoms with Crippen LogP contribution in [0.25, 0.3) is 0 Å². The molecule has 1 rings (SSSR count). The summed E-state index contributed by atoms with van der Waals surface area (Å²) in [6, 6.07) is 1.47. The molecule has 0 aliphatic heterocycles. The number of hydrogen-bond acceptors (Lipinski definition) is 3. The standard InChI is InChI=1S/C11H14O3/c1-6-7(2)10(13)5-11(8(6)3)14-9(4)12/h5,13H,1-4H3. The monoisotopic (exact) mass is 194 g/mol. The van der Waals surface area contributed by atoms with E-state index < -0.39 is 0 Å². The molecule has 0 aliphatic rings. The second-order valence-electron chi connectivity index (χ2n) is 3.36. The molecule has 0 spiro atoms. The van der Waals surface area contributed by atoms with Gasteiger partial charge in [0.2, 0.25) is 0 Å². The van der Waals surface area contributed by atoms with Gasteiger partial charge in [0.05, 0.1) is 0 Å². The van der Waals surface area contributed by atoms with Crippen LogP contribution < -0.4 is 4.74 Å². The highest BCUT2D eigenvalue weighted by molar-refractivity contribution is 5.70. The first-order valence-electron chi connectivity index (χ1n) is 4.41. The maximum absolute atomic E-state index is 10.8. The summed E-state index contributed by atoms with van der Waals surface area (Å²) in [5, 5.41) is 9.53. The van der Waals surface area contributed by atoms with Crippen LogP contribution in [0.3, 0.4) is 0 Å². The lowest BCUT2D eigenvalue weighted by atomic mass is 10.0. The van der Waals surface area contributed by atoms with Crippen molar-refractivity contribution in [3.8, 4) is 11.5 Å². The normalized spacial score (nSPS) is 10.0. The van der Waals surface area contributed by atoms with Gasteiger partial charge in [0.25, 0.3) is 0 Å². The van der Waals surface area contributed by atoms with Crippen LogP contribution in [-0.4, -0.2) is 11.1 Å². The lowest BCUT2D eigenvalue weighted by Gasteiger charge is -2.11. The Kier molecular flexibility index (Phi) is 2.79. The first kappa shape index (κ1) is 10.6. The maximum Gasteiger partial charge on any atom is 0.308 e. The molecule has 76 valence electrons. The average molecular weight is 194 g/mol. The molecule has 0 fully saturated rings. The molecule has 1 aromatic carbocycles. The minimum atomic E-state index is -0.379. The zero-order valence-electron chi connectivity index (χ0n) is 8.84. The molecule has 0 amide bonds. The van der Waals surface area contributed by atoms with E-state index in [0.29, 0.717) is 5.75 Å². The smallest absolute Gasteiger partial charge is 0.308 e.